The van der Waals surface area contributed by atoms with Crippen molar-refractivity contribution in [1.29, 1.82) is 0 Å². The largest absolute Gasteiger partial charge is 0.316 e. The Hall–Kier alpha value is -0.670. The standard InChI is InChI=1S/C14H21NOS/c1-15-13-9-5-6-10-14(13)17(16)11-12-7-3-2-4-8-12/h2-4,7-8,13-15H,5-6,9-11H2,1H3. The molecule has 3 unspecified atom stereocenters. The van der Waals surface area contributed by atoms with Gasteiger partial charge in [-0.3, -0.25) is 4.21 Å². The summed E-state index contributed by atoms with van der Waals surface area (Å²) in [5.41, 5.74) is 1.19. The summed E-state index contributed by atoms with van der Waals surface area (Å²) < 4.78 is 12.4. The zero-order valence-corrected chi connectivity index (χ0v) is 11.2. The van der Waals surface area contributed by atoms with Crippen LogP contribution in [-0.2, 0) is 16.6 Å². The van der Waals surface area contributed by atoms with Crippen LogP contribution in [0, 0.1) is 0 Å². The topological polar surface area (TPSA) is 29.1 Å². The molecular weight excluding hydrogens is 230 g/mol. The van der Waals surface area contributed by atoms with Crippen molar-refractivity contribution in [3.05, 3.63) is 35.9 Å². The Bertz CT molecular complexity index is 366. The molecule has 1 aromatic rings. The normalized spacial score (nSPS) is 26.6. The maximum Gasteiger partial charge on any atom is 0.0504 e. The lowest BCUT2D eigenvalue weighted by atomic mass is 9.95. The zero-order chi connectivity index (χ0) is 12.1. The average molecular weight is 251 g/mol. The molecule has 2 nitrogen and oxygen atoms in total. The Morgan fingerprint density at radius 1 is 1.24 bits per heavy atom. The molecule has 1 fully saturated rings. The van der Waals surface area contributed by atoms with E-state index in [2.05, 4.69) is 17.4 Å². The van der Waals surface area contributed by atoms with Crippen LogP contribution in [0.3, 0.4) is 0 Å². The van der Waals surface area contributed by atoms with Crippen molar-refractivity contribution in [2.45, 2.75) is 42.7 Å². The van der Waals surface area contributed by atoms with Gasteiger partial charge in [0.25, 0.3) is 0 Å². The highest BCUT2D eigenvalue weighted by Crippen LogP contribution is 2.24. The van der Waals surface area contributed by atoms with Gasteiger partial charge in [-0.05, 0) is 25.5 Å². The van der Waals surface area contributed by atoms with Crippen LogP contribution in [0.2, 0.25) is 0 Å². The van der Waals surface area contributed by atoms with Gasteiger partial charge in [-0.25, -0.2) is 0 Å². The molecular formula is C14H21NOS. The molecule has 2 rings (SSSR count). The Labute approximate surface area is 106 Å². The second-order valence-electron chi connectivity index (χ2n) is 4.73. The van der Waals surface area contributed by atoms with Crippen molar-refractivity contribution >= 4 is 10.8 Å². The van der Waals surface area contributed by atoms with E-state index in [0.717, 1.165) is 6.42 Å². The zero-order valence-electron chi connectivity index (χ0n) is 10.4. The first-order chi connectivity index (χ1) is 8.31. The fraction of sp³-hybridized carbons (Fsp3) is 0.571. The molecule has 0 heterocycles. The fourth-order valence-corrected chi connectivity index (χ4v) is 4.39. The van der Waals surface area contributed by atoms with Crippen LogP contribution < -0.4 is 5.32 Å². The van der Waals surface area contributed by atoms with Gasteiger partial charge >= 0.3 is 0 Å². The van der Waals surface area contributed by atoms with Crippen LogP contribution in [0.5, 0.6) is 0 Å². The summed E-state index contributed by atoms with van der Waals surface area (Å²) >= 11 is 0. The summed E-state index contributed by atoms with van der Waals surface area (Å²) in [4.78, 5) is 0. The Morgan fingerprint density at radius 3 is 2.65 bits per heavy atom. The minimum Gasteiger partial charge on any atom is -0.316 e. The fourth-order valence-electron chi connectivity index (χ4n) is 2.59. The molecule has 17 heavy (non-hydrogen) atoms. The first kappa shape index (κ1) is 12.8. The average Bonchev–Trinajstić information content (AvgIpc) is 2.40. The van der Waals surface area contributed by atoms with E-state index < -0.39 is 10.8 Å². The maximum absolute atomic E-state index is 12.4. The molecule has 0 radical (unpaired) electrons. The van der Waals surface area contributed by atoms with E-state index in [-0.39, 0.29) is 0 Å². The van der Waals surface area contributed by atoms with Crippen molar-refractivity contribution in [3.63, 3.8) is 0 Å². The third-order valence-electron chi connectivity index (χ3n) is 3.56. The molecule has 94 valence electrons. The monoisotopic (exact) mass is 251 g/mol. The first-order valence-electron chi connectivity index (χ1n) is 6.39. The van der Waals surface area contributed by atoms with Crippen LogP contribution in [0.4, 0.5) is 0 Å². The molecule has 1 aromatic carbocycles. The minimum atomic E-state index is -0.750. The third-order valence-corrected chi connectivity index (χ3v) is 5.42. The van der Waals surface area contributed by atoms with Gasteiger partial charge in [0, 0.05) is 22.6 Å². The van der Waals surface area contributed by atoms with Gasteiger partial charge in [0.1, 0.15) is 0 Å². The van der Waals surface area contributed by atoms with Gasteiger partial charge in [0.2, 0.25) is 0 Å². The first-order valence-corrected chi connectivity index (χ1v) is 7.78. The number of hydrogen-bond donors (Lipinski definition) is 1. The van der Waals surface area contributed by atoms with Crippen LogP contribution >= 0.6 is 0 Å². The second-order valence-corrected chi connectivity index (χ2v) is 6.38. The van der Waals surface area contributed by atoms with Gasteiger partial charge < -0.3 is 5.32 Å². The van der Waals surface area contributed by atoms with Crippen molar-refractivity contribution in [1.82, 2.24) is 5.32 Å². The van der Waals surface area contributed by atoms with E-state index in [1.807, 2.05) is 25.2 Å². The second kappa shape index (κ2) is 6.31. The van der Waals surface area contributed by atoms with Crippen LogP contribution in [-0.4, -0.2) is 22.5 Å². The van der Waals surface area contributed by atoms with Crippen molar-refractivity contribution in [2.24, 2.45) is 0 Å². The molecule has 1 saturated carbocycles. The lowest BCUT2D eigenvalue weighted by Gasteiger charge is -2.30. The molecule has 0 aromatic heterocycles. The Balaban J connectivity index is 1.99. The smallest absolute Gasteiger partial charge is 0.0504 e. The molecule has 3 atom stereocenters. The van der Waals surface area contributed by atoms with E-state index in [9.17, 15) is 4.21 Å². The minimum absolute atomic E-state index is 0.328. The Kier molecular flexibility index (Phi) is 4.75. The molecule has 0 aliphatic heterocycles. The molecule has 1 aliphatic rings. The van der Waals surface area contributed by atoms with E-state index >= 15 is 0 Å². The van der Waals surface area contributed by atoms with Crippen LogP contribution in [0.1, 0.15) is 31.2 Å². The molecule has 0 saturated heterocycles. The molecule has 0 bridgehead atoms. The lowest BCUT2D eigenvalue weighted by Crippen LogP contribution is -2.42. The molecule has 0 spiro atoms. The van der Waals surface area contributed by atoms with Crippen molar-refractivity contribution in [2.75, 3.05) is 7.05 Å². The molecule has 1 aliphatic carbocycles. The van der Waals surface area contributed by atoms with Gasteiger partial charge in [0.05, 0.1) is 5.25 Å². The highest BCUT2D eigenvalue weighted by molar-refractivity contribution is 7.84. The van der Waals surface area contributed by atoms with E-state index in [1.165, 1.54) is 24.8 Å². The van der Waals surface area contributed by atoms with E-state index in [1.54, 1.807) is 0 Å². The maximum atomic E-state index is 12.4. The summed E-state index contributed by atoms with van der Waals surface area (Å²) in [6.45, 7) is 0. The number of rotatable bonds is 4. The van der Waals surface area contributed by atoms with Crippen LogP contribution in [0.15, 0.2) is 30.3 Å². The number of nitrogens with one attached hydrogen (secondary N) is 1. The Morgan fingerprint density at radius 2 is 1.94 bits per heavy atom. The van der Waals surface area contributed by atoms with Gasteiger partial charge in [-0.15, -0.1) is 0 Å². The molecule has 1 N–H and O–H groups in total. The summed E-state index contributed by atoms with van der Waals surface area (Å²) in [5.74, 6) is 0.698. The highest BCUT2D eigenvalue weighted by Gasteiger charge is 2.28. The summed E-state index contributed by atoms with van der Waals surface area (Å²) in [7, 11) is 1.24. The summed E-state index contributed by atoms with van der Waals surface area (Å²) in [5, 5.41) is 3.66. The van der Waals surface area contributed by atoms with E-state index in [0.29, 0.717) is 17.0 Å². The van der Waals surface area contributed by atoms with Gasteiger partial charge in [0.15, 0.2) is 0 Å². The summed E-state index contributed by atoms with van der Waals surface area (Å²) in [6, 6.07) is 10.6. The van der Waals surface area contributed by atoms with Gasteiger partial charge in [-0.1, -0.05) is 43.2 Å². The highest BCUT2D eigenvalue weighted by atomic mass is 32.2. The summed E-state index contributed by atoms with van der Waals surface area (Å²) in [6.07, 6.45) is 4.76. The molecule has 3 heteroatoms. The van der Waals surface area contributed by atoms with E-state index in [4.69, 9.17) is 0 Å². The predicted molar refractivity (Wildman–Crippen MR) is 73.4 cm³/mol. The van der Waals surface area contributed by atoms with Gasteiger partial charge in [-0.2, -0.15) is 0 Å². The number of hydrogen-bond acceptors (Lipinski definition) is 2. The third kappa shape index (κ3) is 3.39. The lowest BCUT2D eigenvalue weighted by molar-refractivity contribution is 0.399. The quantitative estimate of drug-likeness (QED) is 0.890. The SMILES string of the molecule is CNC1CCCCC1S(=O)Cc1ccccc1. The van der Waals surface area contributed by atoms with Crippen LogP contribution in [0.25, 0.3) is 0 Å². The predicted octanol–water partition coefficient (Wildman–Crippen LogP) is 2.47. The number of benzene rings is 1. The van der Waals surface area contributed by atoms with Crippen molar-refractivity contribution in [3.8, 4) is 0 Å². The molecule has 0 amide bonds. The van der Waals surface area contributed by atoms with Crippen molar-refractivity contribution < 1.29 is 4.21 Å².